The summed E-state index contributed by atoms with van der Waals surface area (Å²) in [5, 5.41) is 3.71. The summed E-state index contributed by atoms with van der Waals surface area (Å²) in [6.07, 6.45) is 4.96. The van der Waals surface area contributed by atoms with Crippen molar-refractivity contribution in [3.8, 4) is 0 Å². The van der Waals surface area contributed by atoms with Gasteiger partial charge in [-0.15, -0.1) is 0 Å². The lowest BCUT2D eigenvalue weighted by atomic mass is 9.88. The molecule has 1 aliphatic carbocycles. The molecule has 0 heterocycles. The maximum atomic E-state index is 3.71. The molecule has 2 atom stereocenters. The zero-order valence-electron chi connectivity index (χ0n) is 9.79. The second-order valence-electron chi connectivity index (χ2n) is 4.68. The Hall–Kier alpha value is -0.820. The Morgan fingerprint density at radius 1 is 1.33 bits per heavy atom. The summed E-state index contributed by atoms with van der Waals surface area (Å²) in [6, 6.07) is 10.2. The van der Waals surface area contributed by atoms with Gasteiger partial charge in [-0.2, -0.15) is 0 Å². The van der Waals surface area contributed by atoms with Crippen LogP contribution in [0, 0.1) is 0 Å². The van der Waals surface area contributed by atoms with Gasteiger partial charge in [0.1, 0.15) is 0 Å². The third-order valence-electron chi connectivity index (χ3n) is 3.48. The van der Waals surface area contributed by atoms with E-state index in [4.69, 9.17) is 0 Å². The minimum absolute atomic E-state index is 0.653. The van der Waals surface area contributed by atoms with Crippen LogP contribution in [-0.4, -0.2) is 12.1 Å². The average molecular weight is 203 g/mol. The number of rotatable bonds is 3. The normalized spacial score (nSPS) is 22.1. The molecule has 1 heteroatoms. The van der Waals surface area contributed by atoms with Gasteiger partial charge in [0.2, 0.25) is 0 Å². The van der Waals surface area contributed by atoms with Crippen molar-refractivity contribution in [1.29, 1.82) is 0 Å². The molecular weight excluding hydrogens is 182 g/mol. The van der Waals surface area contributed by atoms with Crippen LogP contribution in [-0.2, 0) is 12.8 Å². The topological polar surface area (TPSA) is 12.0 Å². The van der Waals surface area contributed by atoms with E-state index in [0.29, 0.717) is 12.1 Å². The van der Waals surface area contributed by atoms with E-state index in [1.807, 2.05) is 0 Å². The molecule has 0 bridgehead atoms. The van der Waals surface area contributed by atoms with E-state index in [2.05, 4.69) is 43.4 Å². The van der Waals surface area contributed by atoms with Crippen LogP contribution in [0.15, 0.2) is 24.3 Å². The Balaban J connectivity index is 1.99. The standard InChI is InChI=1S/C14H21N/c1-3-11(2)15-14-9-8-12-6-4-5-7-13(12)10-14/h4-7,11,14-15H,3,8-10H2,1-2H3/t11-,14-/m1/s1. The summed E-state index contributed by atoms with van der Waals surface area (Å²) in [5.41, 5.74) is 3.10. The molecule has 1 aromatic rings. The first-order valence-corrected chi connectivity index (χ1v) is 6.12. The molecule has 0 radical (unpaired) electrons. The van der Waals surface area contributed by atoms with E-state index in [0.717, 1.165) is 0 Å². The van der Waals surface area contributed by atoms with Gasteiger partial charge >= 0.3 is 0 Å². The lowest BCUT2D eigenvalue weighted by Gasteiger charge is -2.28. The highest BCUT2D eigenvalue weighted by molar-refractivity contribution is 5.30. The first-order valence-electron chi connectivity index (χ1n) is 6.12. The fourth-order valence-electron chi connectivity index (χ4n) is 2.36. The predicted molar refractivity (Wildman–Crippen MR) is 65.1 cm³/mol. The molecule has 0 fully saturated rings. The molecule has 1 nitrogen and oxygen atoms in total. The molecule has 0 aliphatic heterocycles. The monoisotopic (exact) mass is 203 g/mol. The van der Waals surface area contributed by atoms with E-state index in [-0.39, 0.29) is 0 Å². The second-order valence-corrected chi connectivity index (χ2v) is 4.68. The summed E-state index contributed by atoms with van der Waals surface area (Å²) in [5.74, 6) is 0. The summed E-state index contributed by atoms with van der Waals surface area (Å²) < 4.78 is 0. The molecule has 15 heavy (non-hydrogen) atoms. The fourth-order valence-corrected chi connectivity index (χ4v) is 2.36. The third-order valence-corrected chi connectivity index (χ3v) is 3.48. The van der Waals surface area contributed by atoms with Crippen molar-refractivity contribution in [3.05, 3.63) is 35.4 Å². The highest BCUT2D eigenvalue weighted by Gasteiger charge is 2.18. The van der Waals surface area contributed by atoms with Gasteiger partial charge in [0, 0.05) is 12.1 Å². The number of aryl methyl sites for hydroxylation is 1. The molecule has 0 spiro atoms. The van der Waals surface area contributed by atoms with Crippen LogP contribution in [0.5, 0.6) is 0 Å². The van der Waals surface area contributed by atoms with E-state index in [9.17, 15) is 0 Å². The first kappa shape index (κ1) is 10.7. The zero-order valence-corrected chi connectivity index (χ0v) is 9.79. The molecule has 1 aliphatic rings. The second kappa shape index (κ2) is 4.80. The number of benzene rings is 1. The fraction of sp³-hybridized carbons (Fsp3) is 0.571. The van der Waals surface area contributed by atoms with Crippen molar-refractivity contribution >= 4 is 0 Å². The molecule has 0 aromatic heterocycles. The van der Waals surface area contributed by atoms with Gasteiger partial charge in [-0.1, -0.05) is 31.2 Å². The summed E-state index contributed by atoms with van der Waals surface area (Å²) in [4.78, 5) is 0. The Kier molecular flexibility index (Phi) is 3.42. The van der Waals surface area contributed by atoms with Crippen LogP contribution in [0.25, 0.3) is 0 Å². The number of hydrogen-bond acceptors (Lipinski definition) is 1. The van der Waals surface area contributed by atoms with Gasteiger partial charge in [0.15, 0.2) is 0 Å². The zero-order chi connectivity index (χ0) is 10.7. The number of nitrogens with one attached hydrogen (secondary N) is 1. The largest absolute Gasteiger partial charge is 0.311 e. The van der Waals surface area contributed by atoms with Crippen LogP contribution < -0.4 is 5.32 Å². The van der Waals surface area contributed by atoms with Gasteiger partial charge in [0.25, 0.3) is 0 Å². The SMILES string of the molecule is CC[C@@H](C)N[C@@H]1CCc2ccccc2C1. The van der Waals surface area contributed by atoms with Crippen molar-refractivity contribution in [2.75, 3.05) is 0 Å². The highest BCUT2D eigenvalue weighted by Crippen LogP contribution is 2.21. The van der Waals surface area contributed by atoms with E-state index < -0.39 is 0 Å². The number of hydrogen-bond donors (Lipinski definition) is 1. The van der Waals surface area contributed by atoms with Crippen LogP contribution in [0.2, 0.25) is 0 Å². The van der Waals surface area contributed by atoms with Crippen molar-refractivity contribution in [2.45, 2.75) is 51.6 Å². The summed E-state index contributed by atoms with van der Waals surface area (Å²) >= 11 is 0. The van der Waals surface area contributed by atoms with E-state index >= 15 is 0 Å². The number of fused-ring (bicyclic) bond motifs is 1. The Morgan fingerprint density at radius 3 is 2.80 bits per heavy atom. The van der Waals surface area contributed by atoms with Crippen molar-refractivity contribution in [3.63, 3.8) is 0 Å². The van der Waals surface area contributed by atoms with Crippen molar-refractivity contribution in [1.82, 2.24) is 5.32 Å². The lowest BCUT2D eigenvalue weighted by molar-refractivity contribution is 0.401. The van der Waals surface area contributed by atoms with E-state index in [1.165, 1.54) is 25.7 Å². The maximum absolute atomic E-state index is 3.71. The highest BCUT2D eigenvalue weighted by atomic mass is 14.9. The van der Waals surface area contributed by atoms with Crippen LogP contribution in [0.4, 0.5) is 0 Å². The minimum Gasteiger partial charge on any atom is -0.311 e. The van der Waals surface area contributed by atoms with E-state index in [1.54, 1.807) is 11.1 Å². The average Bonchev–Trinajstić information content (AvgIpc) is 2.29. The van der Waals surface area contributed by atoms with Gasteiger partial charge in [0.05, 0.1) is 0 Å². The Labute approximate surface area is 92.9 Å². The Morgan fingerprint density at radius 2 is 2.07 bits per heavy atom. The first-order chi connectivity index (χ1) is 7.29. The van der Waals surface area contributed by atoms with Crippen molar-refractivity contribution < 1.29 is 0 Å². The van der Waals surface area contributed by atoms with Crippen LogP contribution in [0.3, 0.4) is 0 Å². The van der Waals surface area contributed by atoms with Gasteiger partial charge < -0.3 is 5.32 Å². The minimum atomic E-state index is 0.653. The molecule has 0 saturated carbocycles. The summed E-state index contributed by atoms with van der Waals surface area (Å²) in [6.45, 7) is 4.52. The molecule has 0 unspecified atom stereocenters. The third kappa shape index (κ3) is 2.60. The molecule has 1 aromatic carbocycles. The van der Waals surface area contributed by atoms with Crippen molar-refractivity contribution in [2.24, 2.45) is 0 Å². The van der Waals surface area contributed by atoms with Gasteiger partial charge in [-0.05, 0) is 43.7 Å². The maximum Gasteiger partial charge on any atom is 0.0113 e. The van der Waals surface area contributed by atoms with Crippen LogP contribution >= 0.6 is 0 Å². The molecule has 0 saturated heterocycles. The smallest absolute Gasteiger partial charge is 0.0113 e. The molecule has 1 N–H and O–H groups in total. The Bertz CT molecular complexity index is 319. The molecule has 2 rings (SSSR count). The molecular formula is C14H21N. The molecule has 82 valence electrons. The predicted octanol–water partition coefficient (Wildman–Crippen LogP) is 2.93. The molecule has 0 amide bonds. The van der Waals surface area contributed by atoms with Gasteiger partial charge in [-0.25, -0.2) is 0 Å². The lowest BCUT2D eigenvalue weighted by Crippen LogP contribution is -2.39. The quantitative estimate of drug-likeness (QED) is 0.796. The summed E-state index contributed by atoms with van der Waals surface area (Å²) in [7, 11) is 0. The van der Waals surface area contributed by atoms with Gasteiger partial charge in [-0.3, -0.25) is 0 Å². The van der Waals surface area contributed by atoms with Crippen LogP contribution in [0.1, 0.15) is 37.8 Å².